The third-order valence-electron chi connectivity index (χ3n) is 3.86. The van der Waals surface area contributed by atoms with Crippen molar-refractivity contribution < 1.29 is 8.81 Å². The minimum atomic E-state index is -0.307. The van der Waals surface area contributed by atoms with Crippen molar-refractivity contribution in [1.29, 1.82) is 0 Å². The number of nitrogens with one attached hydrogen (secondary N) is 1. The van der Waals surface area contributed by atoms with Crippen LogP contribution in [-0.4, -0.2) is 17.6 Å². The van der Waals surface area contributed by atoms with Gasteiger partial charge in [0.2, 0.25) is 0 Å². The lowest BCUT2D eigenvalue weighted by atomic mass is 9.86. The molecule has 102 valence electrons. The molecule has 3 rings (SSSR count). The first-order valence-corrected chi connectivity index (χ1v) is 6.77. The number of aromatic nitrogens is 1. The van der Waals surface area contributed by atoms with Crippen molar-refractivity contribution in [2.24, 2.45) is 11.7 Å². The Hall–Kier alpha value is -1.62. The Morgan fingerprint density at radius 1 is 1.32 bits per heavy atom. The fraction of sp³-hybridized carbons (Fsp3) is 0.500. The summed E-state index contributed by atoms with van der Waals surface area (Å²) < 4.78 is 18.6. The fourth-order valence-corrected chi connectivity index (χ4v) is 2.68. The van der Waals surface area contributed by atoms with Gasteiger partial charge in [0.25, 0.3) is 6.01 Å². The second-order valence-corrected chi connectivity index (χ2v) is 5.23. The third-order valence-corrected chi connectivity index (χ3v) is 3.86. The summed E-state index contributed by atoms with van der Waals surface area (Å²) in [5.74, 6) is 0.342. The maximum absolute atomic E-state index is 13.1. The second kappa shape index (κ2) is 5.17. The monoisotopic (exact) mass is 263 g/mol. The first kappa shape index (κ1) is 12.4. The predicted molar refractivity (Wildman–Crippen MR) is 72.4 cm³/mol. The summed E-state index contributed by atoms with van der Waals surface area (Å²) in [6, 6.07) is 5.24. The van der Waals surface area contributed by atoms with Crippen molar-refractivity contribution in [1.82, 2.24) is 4.98 Å². The molecule has 0 amide bonds. The Balaban J connectivity index is 1.68. The molecule has 0 unspecified atom stereocenters. The summed E-state index contributed by atoms with van der Waals surface area (Å²) in [5.41, 5.74) is 6.84. The Bertz CT molecular complexity index is 561. The maximum atomic E-state index is 13.1. The molecular weight excluding hydrogens is 245 g/mol. The molecule has 0 bridgehead atoms. The number of nitrogens with two attached hydrogens (primary N) is 1. The lowest BCUT2D eigenvalue weighted by Crippen LogP contribution is -2.29. The van der Waals surface area contributed by atoms with Gasteiger partial charge in [0.1, 0.15) is 11.3 Å². The number of anilines is 1. The normalized spacial score (nSPS) is 23.7. The molecule has 5 heteroatoms. The van der Waals surface area contributed by atoms with E-state index >= 15 is 0 Å². The second-order valence-electron chi connectivity index (χ2n) is 5.23. The van der Waals surface area contributed by atoms with Gasteiger partial charge in [-0.25, -0.2) is 4.39 Å². The van der Waals surface area contributed by atoms with Crippen LogP contribution in [0.1, 0.15) is 25.7 Å². The Kier molecular flexibility index (Phi) is 3.38. The third kappa shape index (κ3) is 2.71. The van der Waals surface area contributed by atoms with E-state index in [1.807, 2.05) is 0 Å². The highest BCUT2D eigenvalue weighted by atomic mass is 19.1. The van der Waals surface area contributed by atoms with Crippen LogP contribution < -0.4 is 11.1 Å². The Labute approximate surface area is 111 Å². The molecule has 1 aliphatic rings. The molecule has 2 aromatic rings. The average molecular weight is 263 g/mol. The minimum Gasteiger partial charge on any atom is -0.423 e. The van der Waals surface area contributed by atoms with Crippen LogP contribution >= 0.6 is 0 Å². The number of fused-ring (bicyclic) bond motifs is 1. The van der Waals surface area contributed by atoms with Gasteiger partial charge in [-0.3, -0.25) is 0 Å². The minimum absolute atomic E-state index is 0.307. The van der Waals surface area contributed by atoms with Crippen molar-refractivity contribution >= 4 is 17.1 Å². The molecule has 1 aromatic carbocycles. The molecule has 0 radical (unpaired) electrons. The van der Waals surface area contributed by atoms with Gasteiger partial charge < -0.3 is 15.5 Å². The van der Waals surface area contributed by atoms with Crippen LogP contribution in [0, 0.1) is 11.7 Å². The van der Waals surface area contributed by atoms with Crippen LogP contribution in [0.15, 0.2) is 22.6 Å². The number of hydrogen-bond donors (Lipinski definition) is 2. The van der Waals surface area contributed by atoms with Crippen molar-refractivity contribution in [3.63, 3.8) is 0 Å². The summed E-state index contributed by atoms with van der Waals surface area (Å²) in [6.07, 6.45) is 4.44. The maximum Gasteiger partial charge on any atom is 0.295 e. The van der Waals surface area contributed by atoms with Crippen LogP contribution in [-0.2, 0) is 0 Å². The number of nitrogens with zero attached hydrogens (tertiary/aromatic N) is 1. The van der Waals surface area contributed by atoms with Crippen molar-refractivity contribution in [3.05, 3.63) is 24.0 Å². The van der Waals surface area contributed by atoms with E-state index in [0.717, 1.165) is 32.2 Å². The first-order valence-electron chi connectivity index (χ1n) is 6.77. The Morgan fingerprint density at radius 3 is 2.84 bits per heavy atom. The summed E-state index contributed by atoms with van der Waals surface area (Å²) in [6.45, 7) is 0.773. The zero-order valence-corrected chi connectivity index (χ0v) is 10.7. The molecule has 3 N–H and O–H groups in total. The van der Waals surface area contributed by atoms with E-state index in [9.17, 15) is 4.39 Å². The quantitative estimate of drug-likeness (QED) is 0.893. The first-order chi connectivity index (χ1) is 9.24. The zero-order valence-electron chi connectivity index (χ0n) is 10.7. The smallest absolute Gasteiger partial charge is 0.295 e. The summed E-state index contributed by atoms with van der Waals surface area (Å²) in [7, 11) is 0. The van der Waals surface area contributed by atoms with Gasteiger partial charge in [-0.05, 0) is 50.3 Å². The van der Waals surface area contributed by atoms with Gasteiger partial charge in [0.15, 0.2) is 5.58 Å². The number of oxazole rings is 1. The lowest BCUT2D eigenvalue weighted by Gasteiger charge is -2.27. The van der Waals surface area contributed by atoms with E-state index in [1.165, 1.54) is 12.1 Å². The molecule has 0 saturated heterocycles. The molecule has 0 atom stereocenters. The fourth-order valence-electron chi connectivity index (χ4n) is 2.68. The van der Waals surface area contributed by atoms with Gasteiger partial charge in [-0.1, -0.05) is 0 Å². The zero-order chi connectivity index (χ0) is 13.2. The highest BCUT2D eigenvalue weighted by Gasteiger charge is 2.21. The molecule has 0 spiro atoms. The largest absolute Gasteiger partial charge is 0.423 e. The van der Waals surface area contributed by atoms with Gasteiger partial charge in [-0.2, -0.15) is 4.98 Å². The molecule has 19 heavy (non-hydrogen) atoms. The van der Waals surface area contributed by atoms with E-state index in [4.69, 9.17) is 10.2 Å². The van der Waals surface area contributed by atoms with Crippen LogP contribution in [0.4, 0.5) is 10.4 Å². The molecule has 0 aliphatic heterocycles. The molecular formula is C14H18FN3O. The summed E-state index contributed by atoms with van der Waals surface area (Å²) in [5, 5.41) is 3.29. The highest BCUT2D eigenvalue weighted by Crippen LogP contribution is 2.27. The topological polar surface area (TPSA) is 64.1 Å². The van der Waals surface area contributed by atoms with E-state index in [-0.39, 0.29) is 5.82 Å². The van der Waals surface area contributed by atoms with Crippen molar-refractivity contribution in [2.75, 3.05) is 11.9 Å². The number of rotatable bonds is 3. The SMILES string of the molecule is NCC1CCC(Nc2nc3ccc(F)cc3o2)CC1. The van der Waals surface area contributed by atoms with E-state index < -0.39 is 0 Å². The van der Waals surface area contributed by atoms with Gasteiger partial charge in [0, 0.05) is 12.1 Å². The van der Waals surface area contributed by atoms with Crippen LogP contribution in [0.5, 0.6) is 0 Å². The number of hydrogen-bond acceptors (Lipinski definition) is 4. The standard InChI is InChI=1S/C14H18FN3O/c15-10-3-6-12-13(7-10)19-14(18-12)17-11-4-1-9(8-16)2-5-11/h3,6-7,9,11H,1-2,4-5,8,16H2,(H,17,18). The van der Waals surface area contributed by atoms with E-state index in [1.54, 1.807) is 6.07 Å². The molecule has 1 aromatic heterocycles. The van der Waals surface area contributed by atoms with Gasteiger partial charge in [0.05, 0.1) is 0 Å². The van der Waals surface area contributed by atoms with Crippen molar-refractivity contribution in [3.8, 4) is 0 Å². The number of halogens is 1. The highest BCUT2D eigenvalue weighted by molar-refractivity contribution is 5.74. The van der Waals surface area contributed by atoms with Crippen LogP contribution in [0.2, 0.25) is 0 Å². The molecule has 1 aliphatic carbocycles. The molecule has 1 fully saturated rings. The predicted octanol–water partition coefficient (Wildman–Crippen LogP) is 2.90. The Morgan fingerprint density at radius 2 is 2.11 bits per heavy atom. The van der Waals surface area contributed by atoms with Crippen LogP contribution in [0.25, 0.3) is 11.1 Å². The van der Waals surface area contributed by atoms with E-state index in [0.29, 0.717) is 29.1 Å². The number of benzene rings is 1. The molecule has 4 nitrogen and oxygen atoms in total. The van der Waals surface area contributed by atoms with E-state index in [2.05, 4.69) is 10.3 Å². The lowest BCUT2D eigenvalue weighted by molar-refractivity contribution is 0.341. The van der Waals surface area contributed by atoms with Crippen LogP contribution in [0.3, 0.4) is 0 Å². The average Bonchev–Trinajstić information content (AvgIpc) is 2.81. The van der Waals surface area contributed by atoms with Gasteiger partial charge >= 0.3 is 0 Å². The molecule has 1 saturated carbocycles. The summed E-state index contributed by atoms with van der Waals surface area (Å²) >= 11 is 0. The van der Waals surface area contributed by atoms with Gasteiger partial charge in [-0.15, -0.1) is 0 Å². The van der Waals surface area contributed by atoms with Crippen molar-refractivity contribution in [2.45, 2.75) is 31.7 Å². The molecule has 1 heterocycles. The summed E-state index contributed by atoms with van der Waals surface area (Å²) in [4.78, 5) is 4.32.